The Morgan fingerprint density at radius 1 is 1.16 bits per heavy atom. The molecule has 1 saturated heterocycles. The summed E-state index contributed by atoms with van der Waals surface area (Å²) in [6.07, 6.45) is 2.12. The van der Waals surface area contributed by atoms with E-state index >= 15 is 0 Å². The van der Waals surface area contributed by atoms with Crippen molar-refractivity contribution in [3.05, 3.63) is 69.3 Å². The van der Waals surface area contributed by atoms with Gasteiger partial charge in [0.05, 0.1) is 4.92 Å². The van der Waals surface area contributed by atoms with Crippen LogP contribution in [0.25, 0.3) is 0 Å². The molecule has 25 heavy (non-hydrogen) atoms. The third-order valence-electron chi connectivity index (χ3n) is 4.30. The van der Waals surface area contributed by atoms with Crippen molar-refractivity contribution >= 4 is 11.6 Å². The molecule has 2 aromatic rings. The molecule has 1 amide bonds. The van der Waals surface area contributed by atoms with Crippen molar-refractivity contribution in [1.29, 1.82) is 0 Å². The summed E-state index contributed by atoms with van der Waals surface area (Å²) in [5, 5.41) is 11.1. The number of hydrogen-bond donors (Lipinski definition) is 0. The van der Waals surface area contributed by atoms with Gasteiger partial charge in [0, 0.05) is 24.7 Å². The third kappa shape index (κ3) is 3.96. The molecule has 3 rings (SSSR count). The highest BCUT2D eigenvalue weighted by Crippen LogP contribution is 2.28. The second-order valence-electron chi connectivity index (χ2n) is 6.21. The maximum Gasteiger partial charge on any atom is 0.311 e. The van der Waals surface area contributed by atoms with Crippen LogP contribution in [0.15, 0.2) is 42.5 Å². The predicted molar refractivity (Wildman–Crippen MR) is 93.7 cm³/mol. The first-order valence-corrected chi connectivity index (χ1v) is 8.30. The second-order valence-corrected chi connectivity index (χ2v) is 6.21. The van der Waals surface area contributed by atoms with E-state index in [1.54, 1.807) is 31.2 Å². The summed E-state index contributed by atoms with van der Waals surface area (Å²) in [5.74, 6) is 0.298. The van der Waals surface area contributed by atoms with Crippen LogP contribution in [0.2, 0.25) is 0 Å². The Kier molecular flexibility index (Phi) is 4.97. The van der Waals surface area contributed by atoms with E-state index in [0.717, 1.165) is 37.1 Å². The SMILES string of the molecule is Cc1ccc(OCc2ccc(C(=O)N3CCCC3)cc2)c([N+](=O)[O-])c1. The summed E-state index contributed by atoms with van der Waals surface area (Å²) < 4.78 is 5.60. The first-order chi connectivity index (χ1) is 12.0. The van der Waals surface area contributed by atoms with Crippen molar-refractivity contribution in [2.75, 3.05) is 13.1 Å². The molecule has 0 bridgehead atoms. The number of amides is 1. The van der Waals surface area contributed by atoms with Crippen molar-refractivity contribution < 1.29 is 14.5 Å². The molecule has 0 radical (unpaired) electrons. The van der Waals surface area contributed by atoms with Gasteiger partial charge in [0.2, 0.25) is 0 Å². The number of rotatable bonds is 5. The van der Waals surface area contributed by atoms with Crippen LogP contribution in [-0.4, -0.2) is 28.8 Å². The number of likely N-dealkylation sites (tertiary alicyclic amines) is 1. The molecule has 0 saturated carbocycles. The summed E-state index contributed by atoms with van der Waals surface area (Å²) >= 11 is 0. The zero-order valence-electron chi connectivity index (χ0n) is 14.1. The molecule has 6 heteroatoms. The first-order valence-electron chi connectivity index (χ1n) is 8.30. The highest BCUT2D eigenvalue weighted by molar-refractivity contribution is 5.94. The van der Waals surface area contributed by atoms with Gasteiger partial charge >= 0.3 is 5.69 Å². The topological polar surface area (TPSA) is 72.7 Å². The van der Waals surface area contributed by atoms with E-state index in [1.165, 1.54) is 6.07 Å². The molecule has 0 N–H and O–H groups in total. The molecule has 0 unspecified atom stereocenters. The van der Waals surface area contributed by atoms with Crippen molar-refractivity contribution in [3.63, 3.8) is 0 Å². The number of nitro benzene ring substituents is 1. The number of nitro groups is 1. The van der Waals surface area contributed by atoms with E-state index in [0.29, 0.717) is 5.56 Å². The molecule has 1 fully saturated rings. The highest BCUT2D eigenvalue weighted by Gasteiger charge is 2.19. The average Bonchev–Trinajstić information content (AvgIpc) is 3.15. The lowest BCUT2D eigenvalue weighted by atomic mass is 10.1. The van der Waals surface area contributed by atoms with Crippen molar-refractivity contribution in [1.82, 2.24) is 4.90 Å². The number of carbonyl (C=O) groups excluding carboxylic acids is 1. The Bertz CT molecular complexity index is 781. The fourth-order valence-electron chi connectivity index (χ4n) is 2.90. The summed E-state index contributed by atoms with van der Waals surface area (Å²) in [6, 6.07) is 12.1. The predicted octanol–water partition coefficient (Wildman–Crippen LogP) is 3.72. The van der Waals surface area contributed by atoms with E-state index in [4.69, 9.17) is 4.74 Å². The molecular weight excluding hydrogens is 320 g/mol. The van der Waals surface area contributed by atoms with Gasteiger partial charge in [-0.15, -0.1) is 0 Å². The second kappa shape index (κ2) is 7.34. The molecule has 0 spiro atoms. The van der Waals surface area contributed by atoms with Crippen LogP contribution in [0.3, 0.4) is 0 Å². The van der Waals surface area contributed by atoms with Gasteiger partial charge in [-0.25, -0.2) is 0 Å². The molecule has 130 valence electrons. The van der Waals surface area contributed by atoms with Crippen LogP contribution in [0, 0.1) is 17.0 Å². The molecular formula is C19H20N2O4. The molecule has 1 heterocycles. The van der Waals surface area contributed by atoms with Crippen LogP contribution in [0.4, 0.5) is 5.69 Å². The zero-order chi connectivity index (χ0) is 17.8. The average molecular weight is 340 g/mol. The van der Waals surface area contributed by atoms with Crippen LogP contribution < -0.4 is 4.74 Å². The maximum absolute atomic E-state index is 12.3. The van der Waals surface area contributed by atoms with Crippen LogP contribution in [-0.2, 0) is 6.61 Å². The Balaban J connectivity index is 1.66. The fourth-order valence-corrected chi connectivity index (χ4v) is 2.90. The number of nitrogens with zero attached hydrogens (tertiary/aromatic N) is 2. The largest absolute Gasteiger partial charge is 0.482 e. The summed E-state index contributed by atoms with van der Waals surface area (Å²) in [6.45, 7) is 3.65. The Morgan fingerprint density at radius 3 is 2.48 bits per heavy atom. The zero-order valence-corrected chi connectivity index (χ0v) is 14.1. The molecule has 0 aliphatic carbocycles. The van der Waals surface area contributed by atoms with Crippen molar-refractivity contribution in [3.8, 4) is 5.75 Å². The normalized spacial score (nSPS) is 13.7. The maximum atomic E-state index is 12.3. The minimum Gasteiger partial charge on any atom is -0.482 e. The van der Waals surface area contributed by atoms with Gasteiger partial charge in [0.1, 0.15) is 6.61 Å². The van der Waals surface area contributed by atoms with Crippen LogP contribution >= 0.6 is 0 Å². The van der Waals surface area contributed by atoms with E-state index < -0.39 is 4.92 Å². The van der Waals surface area contributed by atoms with Crippen LogP contribution in [0.1, 0.15) is 34.3 Å². The number of carbonyl (C=O) groups is 1. The van der Waals surface area contributed by atoms with Gasteiger partial charge in [-0.05, 0) is 49.1 Å². The van der Waals surface area contributed by atoms with E-state index in [9.17, 15) is 14.9 Å². The van der Waals surface area contributed by atoms with Crippen molar-refractivity contribution in [2.24, 2.45) is 0 Å². The molecule has 2 aromatic carbocycles. The van der Waals surface area contributed by atoms with Gasteiger partial charge in [0.25, 0.3) is 5.91 Å². The lowest BCUT2D eigenvalue weighted by molar-refractivity contribution is -0.386. The van der Waals surface area contributed by atoms with Gasteiger partial charge in [0.15, 0.2) is 5.75 Å². The summed E-state index contributed by atoms with van der Waals surface area (Å²) in [4.78, 5) is 24.8. The first kappa shape index (κ1) is 17.0. The number of benzene rings is 2. The third-order valence-corrected chi connectivity index (χ3v) is 4.30. The number of ether oxygens (including phenoxy) is 1. The molecule has 1 aliphatic heterocycles. The standard InChI is InChI=1S/C19H20N2O4/c1-14-4-9-18(17(12-14)21(23)24)25-13-15-5-7-16(8-6-15)19(22)20-10-2-3-11-20/h4-9,12H,2-3,10-11,13H2,1H3. The van der Waals surface area contributed by atoms with E-state index in [1.807, 2.05) is 17.0 Å². The van der Waals surface area contributed by atoms with Gasteiger partial charge < -0.3 is 9.64 Å². The van der Waals surface area contributed by atoms with Gasteiger partial charge in [-0.2, -0.15) is 0 Å². The molecule has 0 aromatic heterocycles. The number of aryl methyl sites for hydroxylation is 1. The molecule has 1 aliphatic rings. The molecule has 0 atom stereocenters. The van der Waals surface area contributed by atoms with Gasteiger partial charge in [-0.3, -0.25) is 14.9 Å². The lowest BCUT2D eigenvalue weighted by Gasteiger charge is -2.15. The highest BCUT2D eigenvalue weighted by atomic mass is 16.6. The van der Waals surface area contributed by atoms with E-state index in [2.05, 4.69) is 0 Å². The lowest BCUT2D eigenvalue weighted by Crippen LogP contribution is -2.27. The summed E-state index contributed by atoms with van der Waals surface area (Å²) in [7, 11) is 0. The monoisotopic (exact) mass is 340 g/mol. The summed E-state index contributed by atoms with van der Waals surface area (Å²) in [5.41, 5.74) is 2.28. The Hall–Kier alpha value is -2.89. The van der Waals surface area contributed by atoms with Gasteiger partial charge in [-0.1, -0.05) is 18.2 Å². The smallest absolute Gasteiger partial charge is 0.311 e. The fraction of sp³-hybridized carbons (Fsp3) is 0.316. The Morgan fingerprint density at radius 2 is 1.84 bits per heavy atom. The number of hydrogen-bond acceptors (Lipinski definition) is 4. The minimum atomic E-state index is -0.444. The van der Waals surface area contributed by atoms with E-state index in [-0.39, 0.29) is 24.0 Å². The molecule has 6 nitrogen and oxygen atoms in total. The Labute approximate surface area is 146 Å². The van der Waals surface area contributed by atoms with Crippen LogP contribution in [0.5, 0.6) is 5.75 Å². The quantitative estimate of drug-likeness (QED) is 0.614. The minimum absolute atomic E-state index is 0.0409. The van der Waals surface area contributed by atoms with Crippen molar-refractivity contribution in [2.45, 2.75) is 26.4 Å².